The van der Waals surface area contributed by atoms with Crippen molar-refractivity contribution in [2.45, 2.75) is 46.8 Å². The maximum Gasteiger partial charge on any atom is 0.249 e. The lowest BCUT2D eigenvalue weighted by Gasteiger charge is -2.35. The topological polar surface area (TPSA) is 61.6 Å². The highest BCUT2D eigenvalue weighted by atomic mass is 16.3. The van der Waals surface area contributed by atoms with Gasteiger partial charge >= 0.3 is 0 Å². The van der Waals surface area contributed by atoms with Gasteiger partial charge in [0, 0.05) is 23.5 Å². The van der Waals surface area contributed by atoms with Gasteiger partial charge in [-0.3, -0.25) is 0 Å². The summed E-state index contributed by atoms with van der Waals surface area (Å²) in [4.78, 5) is 8.96. The summed E-state index contributed by atoms with van der Waals surface area (Å²) in [6.07, 6.45) is 0.756. The van der Waals surface area contributed by atoms with E-state index in [9.17, 15) is 5.11 Å². The SMILES string of the molecule is CC1=NN(c2nc(C)cc(C)n2)[C@]2(O)C[C@@H]3[C@H]([C@H]12)C3(C)C. The molecule has 1 aromatic heterocycles. The van der Waals surface area contributed by atoms with Crippen LogP contribution in [0.3, 0.4) is 0 Å². The summed E-state index contributed by atoms with van der Waals surface area (Å²) < 4.78 is 0. The van der Waals surface area contributed by atoms with Crippen LogP contribution in [-0.4, -0.2) is 26.5 Å². The second-order valence-electron chi connectivity index (χ2n) is 7.52. The zero-order chi connectivity index (χ0) is 15.2. The second kappa shape index (κ2) is 3.64. The lowest BCUT2D eigenvalue weighted by atomic mass is 9.84. The van der Waals surface area contributed by atoms with Crippen LogP contribution >= 0.6 is 0 Å². The number of fused-ring (bicyclic) bond motifs is 3. The average Bonchev–Trinajstić information content (AvgIpc) is 2.69. The summed E-state index contributed by atoms with van der Waals surface area (Å²) in [5, 5.41) is 17.6. The van der Waals surface area contributed by atoms with E-state index < -0.39 is 5.72 Å². The van der Waals surface area contributed by atoms with Gasteiger partial charge < -0.3 is 5.11 Å². The first-order valence-corrected chi connectivity index (χ1v) is 7.65. The molecule has 5 heteroatoms. The molecule has 1 aromatic rings. The molecule has 0 aromatic carbocycles. The smallest absolute Gasteiger partial charge is 0.249 e. The predicted molar refractivity (Wildman–Crippen MR) is 80.9 cm³/mol. The minimum atomic E-state index is -0.935. The van der Waals surface area contributed by atoms with Gasteiger partial charge in [-0.15, -0.1) is 0 Å². The molecular formula is C16H22N4O. The normalized spacial score (nSPS) is 39.0. The summed E-state index contributed by atoms with van der Waals surface area (Å²) in [7, 11) is 0. The molecule has 1 aliphatic heterocycles. The number of hydrogen-bond acceptors (Lipinski definition) is 5. The van der Waals surface area contributed by atoms with Crippen molar-refractivity contribution in [3.63, 3.8) is 0 Å². The van der Waals surface area contributed by atoms with Crippen LogP contribution in [0.5, 0.6) is 0 Å². The molecular weight excluding hydrogens is 264 g/mol. The fraction of sp³-hybridized carbons (Fsp3) is 0.688. The molecule has 0 saturated heterocycles. The first kappa shape index (κ1) is 13.2. The molecule has 5 nitrogen and oxygen atoms in total. The van der Waals surface area contributed by atoms with E-state index in [0.29, 0.717) is 23.2 Å². The van der Waals surface area contributed by atoms with Gasteiger partial charge in [-0.25, -0.2) is 9.97 Å². The third-order valence-electron chi connectivity index (χ3n) is 5.75. The van der Waals surface area contributed by atoms with E-state index in [2.05, 4.69) is 28.9 Å². The third kappa shape index (κ3) is 1.53. The minimum Gasteiger partial charge on any atom is -0.368 e. The fourth-order valence-electron chi connectivity index (χ4n) is 4.72. The van der Waals surface area contributed by atoms with Crippen molar-refractivity contribution >= 4 is 11.7 Å². The highest BCUT2D eigenvalue weighted by Gasteiger charge is 2.75. The molecule has 0 radical (unpaired) electrons. The van der Waals surface area contributed by atoms with E-state index in [4.69, 9.17) is 0 Å². The molecule has 2 fully saturated rings. The number of aliphatic hydroxyl groups is 1. The first-order chi connectivity index (χ1) is 9.75. The molecule has 2 heterocycles. The van der Waals surface area contributed by atoms with Crippen LogP contribution in [0.15, 0.2) is 11.2 Å². The summed E-state index contributed by atoms with van der Waals surface area (Å²) in [6, 6.07) is 1.94. The molecule has 4 rings (SSSR count). The lowest BCUT2D eigenvalue weighted by molar-refractivity contribution is 0.00554. The van der Waals surface area contributed by atoms with Crippen LogP contribution in [-0.2, 0) is 0 Å². The average molecular weight is 286 g/mol. The zero-order valence-corrected chi connectivity index (χ0v) is 13.3. The third-order valence-corrected chi connectivity index (χ3v) is 5.75. The zero-order valence-electron chi connectivity index (χ0n) is 13.3. The van der Waals surface area contributed by atoms with E-state index in [-0.39, 0.29) is 5.92 Å². The van der Waals surface area contributed by atoms with E-state index in [1.54, 1.807) is 5.01 Å². The summed E-state index contributed by atoms with van der Waals surface area (Å²) in [5.41, 5.74) is 2.21. The van der Waals surface area contributed by atoms with E-state index in [1.807, 2.05) is 26.8 Å². The Hall–Kier alpha value is -1.49. The largest absolute Gasteiger partial charge is 0.368 e. The van der Waals surface area contributed by atoms with Crippen molar-refractivity contribution in [2.75, 3.05) is 5.01 Å². The molecule has 0 bridgehead atoms. The van der Waals surface area contributed by atoms with Crippen molar-refractivity contribution in [1.82, 2.24) is 9.97 Å². The number of nitrogens with zero attached hydrogens (tertiary/aromatic N) is 4. The van der Waals surface area contributed by atoms with Gasteiger partial charge in [-0.2, -0.15) is 10.1 Å². The molecule has 21 heavy (non-hydrogen) atoms. The first-order valence-electron chi connectivity index (χ1n) is 7.65. The van der Waals surface area contributed by atoms with Crippen molar-refractivity contribution < 1.29 is 5.11 Å². The van der Waals surface area contributed by atoms with Crippen LogP contribution in [0.4, 0.5) is 5.95 Å². The standard InChI is InChI=1S/C16H22N4O/c1-8-6-9(2)18-14(17-8)20-16(21)7-11-13(15(11,4)5)12(16)10(3)19-20/h6,11-13,21H,7H2,1-5H3/t11-,12+,13-,16+/m1/s1. The fourth-order valence-corrected chi connectivity index (χ4v) is 4.72. The van der Waals surface area contributed by atoms with Crippen molar-refractivity contribution in [3.05, 3.63) is 17.5 Å². The van der Waals surface area contributed by atoms with Crippen LogP contribution < -0.4 is 5.01 Å². The van der Waals surface area contributed by atoms with Crippen molar-refractivity contribution in [2.24, 2.45) is 28.3 Å². The van der Waals surface area contributed by atoms with Crippen molar-refractivity contribution in [3.8, 4) is 0 Å². The molecule has 4 atom stereocenters. The van der Waals surface area contributed by atoms with Gasteiger partial charge in [-0.05, 0) is 44.1 Å². The second-order valence-corrected chi connectivity index (χ2v) is 7.52. The van der Waals surface area contributed by atoms with Gasteiger partial charge in [0.1, 0.15) is 0 Å². The number of hydrogen-bond donors (Lipinski definition) is 1. The Morgan fingerprint density at radius 2 is 1.81 bits per heavy atom. The van der Waals surface area contributed by atoms with Crippen molar-refractivity contribution in [1.29, 1.82) is 0 Å². The van der Waals surface area contributed by atoms with Gasteiger partial charge in [0.25, 0.3) is 0 Å². The van der Waals surface area contributed by atoms with E-state index >= 15 is 0 Å². The number of anilines is 1. The van der Waals surface area contributed by atoms with Gasteiger partial charge in [0.15, 0.2) is 5.72 Å². The van der Waals surface area contributed by atoms with Crippen LogP contribution in [0.2, 0.25) is 0 Å². The molecule has 112 valence electrons. The Kier molecular flexibility index (Phi) is 2.28. The summed E-state index contributed by atoms with van der Waals surface area (Å²) in [6.45, 7) is 10.5. The molecule has 3 aliphatic rings. The number of aromatic nitrogens is 2. The maximum absolute atomic E-state index is 11.3. The highest BCUT2D eigenvalue weighted by molar-refractivity contribution is 5.90. The Morgan fingerprint density at radius 1 is 1.19 bits per heavy atom. The molecule has 0 amide bonds. The van der Waals surface area contributed by atoms with E-state index in [1.165, 1.54) is 0 Å². The Balaban J connectivity index is 1.76. The summed E-state index contributed by atoms with van der Waals surface area (Å²) >= 11 is 0. The number of hydrazone groups is 1. The highest BCUT2D eigenvalue weighted by Crippen LogP contribution is 2.73. The van der Waals surface area contributed by atoms with Crippen LogP contribution in [0.1, 0.15) is 38.6 Å². The Bertz CT molecular complexity index is 648. The van der Waals surface area contributed by atoms with Gasteiger partial charge in [0.05, 0.1) is 5.92 Å². The molecule has 0 spiro atoms. The van der Waals surface area contributed by atoms with Gasteiger partial charge in [0.2, 0.25) is 5.95 Å². The van der Waals surface area contributed by atoms with Crippen LogP contribution in [0.25, 0.3) is 0 Å². The van der Waals surface area contributed by atoms with Crippen LogP contribution in [0, 0.1) is 37.0 Å². The monoisotopic (exact) mass is 286 g/mol. The molecule has 0 unspecified atom stereocenters. The lowest BCUT2D eigenvalue weighted by Crippen LogP contribution is -2.49. The molecule has 2 saturated carbocycles. The Morgan fingerprint density at radius 3 is 2.43 bits per heavy atom. The minimum absolute atomic E-state index is 0.113. The number of aryl methyl sites for hydroxylation is 2. The molecule has 1 N–H and O–H groups in total. The quantitative estimate of drug-likeness (QED) is 0.860. The molecule has 2 aliphatic carbocycles. The predicted octanol–water partition coefficient (Wildman–Crippen LogP) is 2.27. The Labute approximate surface area is 125 Å². The van der Waals surface area contributed by atoms with Gasteiger partial charge in [-0.1, -0.05) is 13.8 Å². The summed E-state index contributed by atoms with van der Waals surface area (Å²) in [5.74, 6) is 1.74. The number of rotatable bonds is 1. The maximum atomic E-state index is 11.3. The van der Waals surface area contributed by atoms with E-state index in [0.717, 1.165) is 23.5 Å².